The fourth-order valence-corrected chi connectivity index (χ4v) is 3.18. The molecule has 0 aliphatic carbocycles. The molecular formula is C20H18F4N4O3. The van der Waals surface area contributed by atoms with E-state index in [1.165, 1.54) is 18.3 Å². The third-order valence-corrected chi connectivity index (χ3v) is 4.63. The summed E-state index contributed by atoms with van der Waals surface area (Å²) < 4.78 is 54.0. The van der Waals surface area contributed by atoms with Crippen molar-refractivity contribution < 1.29 is 31.9 Å². The van der Waals surface area contributed by atoms with Crippen LogP contribution in [0.4, 0.5) is 28.2 Å². The van der Waals surface area contributed by atoms with Gasteiger partial charge in [-0.15, -0.1) is 0 Å². The maximum atomic E-state index is 14.2. The van der Waals surface area contributed by atoms with Gasteiger partial charge in [0.1, 0.15) is 11.6 Å². The van der Waals surface area contributed by atoms with Gasteiger partial charge in [-0.3, -0.25) is 19.4 Å². The maximum absolute atomic E-state index is 14.2. The summed E-state index contributed by atoms with van der Waals surface area (Å²) in [4.78, 5) is 43.1. The molecule has 1 aliphatic heterocycles. The molecule has 0 atom stereocenters. The van der Waals surface area contributed by atoms with E-state index in [0.717, 1.165) is 17.0 Å². The number of hydrogen-bond acceptors (Lipinski definition) is 4. The number of benzene rings is 1. The predicted octanol–water partition coefficient (Wildman–Crippen LogP) is 3.46. The molecule has 11 heteroatoms. The van der Waals surface area contributed by atoms with Gasteiger partial charge in [-0.25, -0.2) is 14.2 Å². The number of alkyl halides is 3. The van der Waals surface area contributed by atoms with Crippen LogP contribution >= 0.6 is 0 Å². The molecule has 0 saturated carbocycles. The van der Waals surface area contributed by atoms with Gasteiger partial charge < -0.3 is 5.32 Å². The van der Waals surface area contributed by atoms with Gasteiger partial charge in [0.2, 0.25) is 0 Å². The van der Waals surface area contributed by atoms with Crippen molar-refractivity contribution in [3.05, 3.63) is 59.0 Å². The van der Waals surface area contributed by atoms with Gasteiger partial charge in [0.25, 0.3) is 11.8 Å². The molecule has 2 aromatic rings. The highest BCUT2D eigenvalue weighted by atomic mass is 19.4. The lowest BCUT2D eigenvalue weighted by molar-refractivity contribution is -0.138. The predicted molar refractivity (Wildman–Crippen MR) is 102 cm³/mol. The highest BCUT2D eigenvalue weighted by Crippen LogP contribution is 2.34. The number of nitrogens with one attached hydrogen (secondary N) is 1. The van der Waals surface area contributed by atoms with Gasteiger partial charge in [-0.05, 0) is 37.6 Å². The first kappa shape index (κ1) is 22.2. The Morgan fingerprint density at radius 1 is 1.16 bits per heavy atom. The average Bonchev–Trinajstić information content (AvgIpc) is 2.73. The van der Waals surface area contributed by atoms with Crippen LogP contribution in [0.5, 0.6) is 0 Å². The second-order valence-electron chi connectivity index (χ2n) is 6.67. The number of carbonyl (C=O) groups is 3. The molecule has 7 nitrogen and oxygen atoms in total. The summed E-state index contributed by atoms with van der Waals surface area (Å²) in [6, 6.07) is 4.06. The first-order valence-corrected chi connectivity index (χ1v) is 9.38. The minimum Gasteiger partial charge on any atom is -0.352 e. The van der Waals surface area contributed by atoms with Crippen LogP contribution in [0, 0.1) is 5.82 Å². The number of halogens is 4. The number of anilines is 1. The summed E-state index contributed by atoms with van der Waals surface area (Å²) in [6.45, 7) is 2.14. The molecule has 2 heterocycles. The second kappa shape index (κ2) is 8.70. The van der Waals surface area contributed by atoms with E-state index in [4.69, 9.17) is 0 Å². The Balaban J connectivity index is 1.88. The Bertz CT molecular complexity index is 1010. The van der Waals surface area contributed by atoms with Crippen molar-refractivity contribution in [2.45, 2.75) is 19.5 Å². The van der Waals surface area contributed by atoms with Gasteiger partial charge >= 0.3 is 12.2 Å². The van der Waals surface area contributed by atoms with E-state index in [2.05, 4.69) is 10.3 Å². The lowest BCUT2D eigenvalue weighted by Gasteiger charge is -2.34. The smallest absolute Gasteiger partial charge is 0.352 e. The van der Waals surface area contributed by atoms with Gasteiger partial charge in [0, 0.05) is 25.8 Å². The van der Waals surface area contributed by atoms with Crippen LogP contribution in [0.15, 0.2) is 36.5 Å². The van der Waals surface area contributed by atoms with Gasteiger partial charge in [0.05, 0.1) is 16.7 Å². The van der Waals surface area contributed by atoms with E-state index in [0.29, 0.717) is 17.5 Å². The monoisotopic (exact) mass is 438 g/mol. The van der Waals surface area contributed by atoms with E-state index in [-0.39, 0.29) is 36.8 Å². The third-order valence-electron chi connectivity index (χ3n) is 4.63. The first-order chi connectivity index (χ1) is 14.6. The summed E-state index contributed by atoms with van der Waals surface area (Å²) in [7, 11) is 0. The molecule has 164 valence electrons. The fraction of sp³-hybridized carbons (Fsp3) is 0.300. The number of imide groups is 1. The molecule has 0 spiro atoms. The SMILES string of the molecule is CCNC(=O)c1ccc(N2CCCN(C(=O)c3c(F)cccc3C(F)(F)F)C2=O)nc1. The molecule has 1 N–H and O–H groups in total. The summed E-state index contributed by atoms with van der Waals surface area (Å²) in [5.41, 5.74) is -2.40. The number of rotatable bonds is 4. The molecular weight excluding hydrogens is 420 g/mol. The highest BCUT2D eigenvalue weighted by molar-refractivity contribution is 6.10. The van der Waals surface area contributed by atoms with E-state index < -0.39 is 35.1 Å². The Hall–Kier alpha value is -3.50. The molecule has 0 unspecified atom stereocenters. The minimum absolute atomic E-state index is 0.111. The van der Waals surface area contributed by atoms with Gasteiger partial charge in [-0.1, -0.05) is 6.07 Å². The lowest BCUT2D eigenvalue weighted by atomic mass is 10.0. The second-order valence-corrected chi connectivity index (χ2v) is 6.67. The largest absolute Gasteiger partial charge is 0.417 e. The standard InChI is InChI=1S/C20H18F4N4O3/c1-2-25-17(29)12-7-8-15(26-11-12)27-9-4-10-28(19(27)31)18(30)16-13(20(22,23)24)5-3-6-14(16)21/h3,5-8,11H,2,4,9-10H2,1H3,(H,25,29). The van der Waals surface area contributed by atoms with Crippen molar-refractivity contribution in [3.63, 3.8) is 0 Å². The molecule has 1 fully saturated rings. The molecule has 31 heavy (non-hydrogen) atoms. The lowest BCUT2D eigenvalue weighted by Crippen LogP contribution is -2.52. The number of pyridine rings is 1. The van der Waals surface area contributed by atoms with Crippen molar-refractivity contribution in [2.24, 2.45) is 0 Å². The van der Waals surface area contributed by atoms with Gasteiger partial charge in [0.15, 0.2) is 0 Å². The van der Waals surface area contributed by atoms with Crippen molar-refractivity contribution in [2.75, 3.05) is 24.5 Å². The summed E-state index contributed by atoms with van der Waals surface area (Å²) in [6.07, 6.45) is -3.48. The van der Waals surface area contributed by atoms with Crippen molar-refractivity contribution >= 4 is 23.7 Å². The number of hydrogen-bond donors (Lipinski definition) is 1. The maximum Gasteiger partial charge on any atom is 0.417 e. The fourth-order valence-electron chi connectivity index (χ4n) is 3.18. The summed E-state index contributed by atoms with van der Waals surface area (Å²) in [5.74, 6) is -2.99. The summed E-state index contributed by atoms with van der Waals surface area (Å²) >= 11 is 0. The van der Waals surface area contributed by atoms with Crippen LogP contribution in [0.3, 0.4) is 0 Å². The summed E-state index contributed by atoms with van der Waals surface area (Å²) in [5, 5.41) is 2.59. The van der Waals surface area contributed by atoms with Gasteiger partial charge in [-0.2, -0.15) is 13.2 Å². The quantitative estimate of drug-likeness (QED) is 0.742. The normalized spacial score (nSPS) is 14.5. The van der Waals surface area contributed by atoms with Crippen LogP contribution in [-0.4, -0.2) is 47.4 Å². The number of urea groups is 1. The van der Waals surface area contributed by atoms with E-state index in [1.807, 2.05) is 0 Å². The molecule has 0 radical (unpaired) electrons. The van der Waals surface area contributed by atoms with Crippen molar-refractivity contribution in [3.8, 4) is 0 Å². The topological polar surface area (TPSA) is 82.6 Å². The molecule has 4 amide bonds. The van der Waals surface area contributed by atoms with E-state index in [1.54, 1.807) is 6.92 Å². The van der Waals surface area contributed by atoms with Crippen LogP contribution in [-0.2, 0) is 6.18 Å². The Morgan fingerprint density at radius 3 is 2.52 bits per heavy atom. The van der Waals surface area contributed by atoms with Crippen LogP contribution in [0.25, 0.3) is 0 Å². The van der Waals surface area contributed by atoms with Crippen LogP contribution in [0.2, 0.25) is 0 Å². The molecule has 1 aromatic heterocycles. The number of nitrogens with zero attached hydrogens (tertiary/aromatic N) is 3. The Labute approximate surface area is 174 Å². The molecule has 0 bridgehead atoms. The zero-order valence-electron chi connectivity index (χ0n) is 16.4. The molecule has 3 rings (SSSR count). The number of carbonyl (C=O) groups excluding carboxylic acids is 3. The van der Waals surface area contributed by atoms with Crippen molar-refractivity contribution in [1.29, 1.82) is 0 Å². The molecule has 1 saturated heterocycles. The average molecular weight is 438 g/mol. The van der Waals surface area contributed by atoms with E-state index >= 15 is 0 Å². The Kier molecular flexibility index (Phi) is 6.23. The minimum atomic E-state index is -4.97. The highest BCUT2D eigenvalue weighted by Gasteiger charge is 2.40. The van der Waals surface area contributed by atoms with Crippen LogP contribution < -0.4 is 10.2 Å². The molecule has 1 aliphatic rings. The molecule has 1 aromatic carbocycles. The van der Waals surface area contributed by atoms with E-state index in [9.17, 15) is 31.9 Å². The third kappa shape index (κ3) is 4.49. The Morgan fingerprint density at radius 2 is 1.90 bits per heavy atom. The zero-order valence-corrected chi connectivity index (χ0v) is 16.4. The van der Waals surface area contributed by atoms with Crippen molar-refractivity contribution in [1.82, 2.24) is 15.2 Å². The first-order valence-electron chi connectivity index (χ1n) is 9.38. The number of amides is 4. The van der Waals surface area contributed by atoms with Crippen LogP contribution in [0.1, 0.15) is 39.6 Å². The zero-order chi connectivity index (χ0) is 22.8. The number of aromatic nitrogens is 1.